The van der Waals surface area contributed by atoms with E-state index in [4.69, 9.17) is 29.3 Å². The molecule has 0 aliphatic carbocycles. The van der Waals surface area contributed by atoms with Gasteiger partial charge in [-0.2, -0.15) is 0 Å². The van der Waals surface area contributed by atoms with Gasteiger partial charge in [0.1, 0.15) is 11.2 Å². The summed E-state index contributed by atoms with van der Waals surface area (Å²) in [6.45, 7) is 0. The molecule has 4 heterocycles. The number of benzene rings is 13. The molecule has 400 valence electrons. The molecule has 4 aromatic heterocycles. The highest BCUT2D eigenvalue weighted by Gasteiger charge is 2.28. The molecule has 0 unspecified atom stereocenters. The molecule has 7 heteroatoms. The second-order valence-corrected chi connectivity index (χ2v) is 21.8. The number of hydrogen-bond donors (Lipinski definition) is 0. The molecule has 0 radical (unpaired) electrons. The highest BCUT2D eigenvalue weighted by Crippen LogP contribution is 2.54. The van der Waals surface area contributed by atoms with Gasteiger partial charge in [0.15, 0.2) is 17.5 Å². The fourth-order valence-corrected chi connectivity index (χ4v) is 13.1. The van der Waals surface area contributed by atoms with Crippen molar-refractivity contribution in [2.45, 2.75) is 0 Å². The predicted octanol–water partition coefficient (Wildman–Crippen LogP) is 20.5. The summed E-state index contributed by atoms with van der Waals surface area (Å²) in [6, 6.07) is 99.0. The van der Waals surface area contributed by atoms with Crippen LogP contribution in [0.3, 0.4) is 0 Å². The Kier molecular flexibility index (Phi) is 11.4. The summed E-state index contributed by atoms with van der Waals surface area (Å²) in [5, 5.41) is 8.90. The average Bonchev–Trinajstić information content (AvgIpc) is 1.30. The molecule has 7 nitrogen and oxygen atoms in total. The zero-order valence-electron chi connectivity index (χ0n) is 46.3. The molecule has 0 amide bonds. The summed E-state index contributed by atoms with van der Waals surface area (Å²) in [5.74, 6) is 1.82. The third-order valence-electron chi connectivity index (χ3n) is 16.9. The lowest BCUT2D eigenvalue weighted by atomic mass is 9.77. The van der Waals surface area contributed by atoms with Crippen molar-refractivity contribution in [1.82, 2.24) is 29.5 Å². The number of para-hydroxylation sites is 2. The van der Waals surface area contributed by atoms with Gasteiger partial charge in [0.05, 0.1) is 22.1 Å². The van der Waals surface area contributed by atoms with E-state index in [1.54, 1.807) is 0 Å². The smallest absolute Gasteiger partial charge is 0.164 e. The van der Waals surface area contributed by atoms with Crippen molar-refractivity contribution in [1.29, 1.82) is 0 Å². The van der Waals surface area contributed by atoms with Crippen LogP contribution in [-0.2, 0) is 0 Å². The molecule has 13 aromatic carbocycles. The second-order valence-electron chi connectivity index (χ2n) is 21.8. The first-order chi connectivity index (χ1) is 42.7. The van der Waals surface area contributed by atoms with Crippen LogP contribution in [0.5, 0.6) is 0 Å². The summed E-state index contributed by atoms with van der Waals surface area (Å²) >= 11 is 0. The predicted molar refractivity (Wildman–Crippen MR) is 353 cm³/mol. The third kappa shape index (κ3) is 8.01. The lowest BCUT2D eigenvalue weighted by Gasteiger charge is -2.26. The molecule has 17 rings (SSSR count). The second kappa shape index (κ2) is 20.0. The Bertz CT molecular complexity index is 5430. The molecule has 0 spiro atoms. The van der Waals surface area contributed by atoms with Gasteiger partial charge in [-0.1, -0.05) is 231 Å². The van der Waals surface area contributed by atoms with Gasteiger partial charge in [-0.3, -0.25) is 9.97 Å². The number of furan rings is 1. The minimum absolute atomic E-state index is 0.591. The van der Waals surface area contributed by atoms with Crippen molar-refractivity contribution in [3.8, 4) is 95.5 Å². The summed E-state index contributed by atoms with van der Waals surface area (Å²) in [6.07, 6.45) is 3.64. The average molecular weight is 1100 g/mol. The van der Waals surface area contributed by atoms with E-state index in [-0.39, 0.29) is 0 Å². The van der Waals surface area contributed by atoms with E-state index in [2.05, 4.69) is 211 Å². The Hall–Kier alpha value is -11.7. The first-order valence-corrected chi connectivity index (χ1v) is 29.0. The van der Waals surface area contributed by atoms with Crippen LogP contribution in [0.15, 0.2) is 296 Å². The van der Waals surface area contributed by atoms with Gasteiger partial charge in [0, 0.05) is 78.0 Å². The Morgan fingerprint density at radius 3 is 1.28 bits per heavy atom. The molecule has 0 bridgehead atoms. The Morgan fingerprint density at radius 2 is 0.663 bits per heavy atom. The summed E-state index contributed by atoms with van der Waals surface area (Å²) < 4.78 is 8.63. The maximum absolute atomic E-state index is 6.23. The van der Waals surface area contributed by atoms with Crippen molar-refractivity contribution in [2.24, 2.45) is 0 Å². The van der Waals surface area contributed by atoms with Crippen LogP contribution >= 0.6 is 0 Å². The van der Waals surface area contributed by atoms with Crippen LogP contribution in [-0.4, -0.2) is 29.5 Å². The number of fused-ring (bicyclic) bond motifs is 12. The van der Waals surface area contributed by atoms with Crippen LogP contribution < -0.4 is 0 Å². The molecule has 86 heavy (non-hydrogen) atoms. The van der Waals surface area contributed by atoms with E-state index < -0.39 is 0 Å². The van der Waals surface area contributed by atoms with Gasteiger partial charge in [-0.25, -0.2) is 15.0 Å². The van der Waals surface area contributed by atoms with E-state index in [0.29, 0.717) is 17.5 Å². The standard InChI is InChI=1S/C79H48N6O/c1-5-19-49(20-6-1)71-69(51-33-35-55(36-34-51)79-83-77(53-23-9-3-10-24-53)82-78(84-79)54-25-11-4-12-26-54)70(72(50-21-7-2-8-22-50)74-73(71)61-29-13-14-30-62(61)75-76(74)81-46-45-80-75)52-37-41-58(42-38-52)85-65-31-17-15-27-59(65)63-47-56(39-43-66(63)85)57-40-44-68-64(48-57)60-28-16-18-32-67(60)86-68/h1-48H. The van der Waals surface area contributed by atoms with E-state index >= 15 is 0 Å². The summed E-state index contributed by atoms with van der Waals surface area (Å²) in [7, 11) is 0. The van der Waals surface area contributed by atoms with Gasteiger partial charge < -0.3 is 8.98 Å². The van der Waals surface area contributed by atoms with Gasteiger partial charge in [-0.05, 0) is 104 Å². The maximum Gasteiger partial charge on any atom is 0.164 e. The molecular weight excluding hydrogens is 1050 g/mol. The van der Waals surface area contributed by atoms with Crippen molar-refractivity contribution in [3.63, 3.8) is 0 Å². The van der Waals surface area contributed by atoms with Crippen molar-refractivity contribution in [3.05, 3.63) is 291 Å². The van der Waals surface area contributed by atoms with E-state index in [9.17, 15) is 0 Å². The molecule has 0 saturated heterocycles. The first kappa shape index (κ1) is 49.0. The first-order valence-electron chi connectivity index (χ1n) is 29.0. The Balaban J connectivity index is 0.910. The lowest BCUT2D eigenvalue weighted by Crippen LogP contribution is -2.01. The van der Waals surface area contributed by atoms with Crippen molar-refractivity contribution < 1.29 is 4.42 Å². The number of hydrogen-bond acceptors (Lipinski definition) is 6. The minimum atomic E-state index is 0.591. The van der Waals surface area contributed by atoms with Crippen LogP contribution in [0.4, 0.5) is 0 Å². The van der Waals surface area contributed by atoms with Crippen LogP contribution in [0.2, 0.25) is 0 Å². The van der Waals surface area contributed by atoms with Gasteiger partial charge in [-0.15, -0.1) is 0 Å². The molecule has 0 aliphatic heterocycles. The zero-order chi connectivity index (χ0) is 56.7. The molecule has 17 aromatic rings. The Morgan fingerprint density at radius 1 is 0.256 bits per heavy atom. The van der Waals surface area contributed by atoms with Gasteiger partial charge in [0.2, 0.25) is 0 Å². The largest absolute Gasteiger partial charge is 0.456 e. The fourth-order valence-electron chi connectivity index (χ4n) is 13.1. The normalized spacial score (nSPS) is 11.7. The number of aromatic nitrogens is 6. The van der Waals surface area contributed by atoms with Crippen LogP contribution in [0.25, 0.3) is 172 Å². The summed E-state index contributed by atoms with van der Waals surface area (Å²) in [5.41, 5.74) is 20.4. The number of nitrogens with zero attached hydrogens (tertiary/aromatic N) is 6. The molecule has 0 aliphatic rings. The maximum atomic E-state index is 6.23. The Labute approximate surface area is 494 Å². The van der Waals surface area contributed by atoms with Crippen LogP contribution in [0, 0.1) is 0 Å². The topological polar surface area (TPSA) is 82.5 Å². The van der Waals surface area contributed by atoms with E-state index in [1.165, 1.54) is 10.8 Å². The molecule has 0 N–H and O–H groups in total. The quantitative estimate of drug-likeness (QED) is 0.134. The highest BCUT2D eigenvalue weighted by molar-refractivity contribution is 6.34. The van der Waals surface area contributed by atoms with Gasteiger partial charge in [0.25, 0.3) is 0 Å². The lowest BCUT2D eigenvalue weighted by molar-refractivity contribution is 0.669. The zero-order valence-corrected chi connectivity index (χ0v) is 46.3. The van der Waals surface area contributed by atoms with E-state index in [1.807, 2.05) is 85.2 Å². The molecule has 0 atom stereocenters. The van der Waals surface area contributed by atoms with Crippen LogP contribution in [0.1, 0.15) is 0 Å². The third-order valence-corrected chi connectivity index (χ3v) is 16.9. The summed E-state index contributed by atoms with van der Waals surface area (Å²) in [4.78, 5) is 25.7. The molecule has 0 saturated carbocycles. The van der Waals surface area contributed by atoms with E-state index in [0.717, 1.165) is 144 Å². The minimum Gasteiger partial charge on any atom is -0.456 e. The van der Waals surface area contributed by atoms with Crippen molar-refractivity contribution >= 4 is 76.3 Å². The fraction of sp³-hybridized carbons (Fsp3) is 0. The number of rotatable bonds is 9. The van der Waals surface area contributed by atoms with Crippen molar-refractivity contribution in [2.75, 3.05) is 0 Å². The SMILES string of the molecule is c1ccc(-c2nc(-c3ccccc3)nc(-c3ccc(-c4c(-c5ccc(-n6c7ccccc7c7cc(-c8ccc9oc%10ccccc%10c9c8)ccc76)cc5)c(-c5ccccc5)c5c6nccnc6c6ccccc6c5c4-c4ccccc4)cc3)n2)cc1. The van der Waals surface area contributed by atoms with Gasteiger partial charge >= 0.3 is 0 Å². The molecule has 0 fully saturated rings. The molecular formula is C79H48N6O. The monoisotopic (exact) mass is 1100 g/mol. The highest BCUT2D eigenvalue weighted by atomic mass is 16.3.